The minimum Gasteiger partial charge on any atom is -0.338 e. The van der Waals surface area contributed by atoms with Gasteiger partial charge in [-0.15, -0.1) is 0 Å². The number of rotatable bonds is 3. The van der Waals surface area contributed by atoms with Crippen LogP contribution < -0.4 is 4.90 Å². The number of aryl methyl sites for hydroxylation is 1. The molecule has 0 bridgehead atoms. The van der Waals surface area contributed by atoms with Crippen molar-refractivity contribution < 1.29 is 8.42 Å². The van der Waals surface area contributed by atoms with Gasteiger partial charge in [-0.3, -0.25) is 0 Å². The first-order valence-electron chi connectivity index (χ1n) is 7.27. The first kappa shape index (κ1) is 16.2. The van der Waals surface area contributed by atoms with Crippen LogP contribution in [0.15, 0.2) is 41.6 Å². The van der Waals surface area contributed by atoms with Crippen molar-refractivity contribution in [2.24, 2.45) is 0 Å². The topological polar surface area (TPSA) is 66.4 Å². The fourth-order valence-corrected chi connectivity index (χ4v) is 4.16. The Balaban J connectivity index is 1.75. The third kappa shape index (κ3) is 3.31. The number of benzene rings is 1. The summed E-state index contributed by atoms with van der Waals surface area (Å²) in [6.07, 6.45) is 3.36. The first-order chi connectivity index (χ1) is 11.0. The summed E-state index contributed by atoms with van der Waals surface area (Å²) < 4.78 is 26.9. The van der Waals surface area contributed by atoms with Crippen LogP contribution in [-0.4, -0.2) is 48.9 Å². The number of hydrogen-bond donors (Lipinski definition) is 0. The summed E-state index contributed by atoms with van der Waals surface area (Å²) in [4.78, 5) is 10.6. The maximum Gasteiger partial charge on any atom is 0.243 e. The predicted octanol–water partition coefficient (Wildman–Crippen LogP) is 1.95. The van der Waals surface area contributed by atoms with Crippen LogP contribution in [0.3, 0.4) is 0 Å². The van der Waals surface area contributed by atoms with Crippen LogP contribution in [0.25, 0.3) is 0 Å². The Morgan fingerprint density at radius 1 is 1.09 bits per heavy atom. The molecule has 1 saturated heterocycles. The monoisotopic (exact) mass is 352 g/mol. The highest BCUT2D eigenvalue weighted by molar-refractivity contribution is 7.89. The van der Waals surface area contributed by atoms with Gasteiger partial charge < -0.3 is 4.90 Å². The van der Waals surface area contributed by atoms with Crippen LogP contribution >= 0.6 is 11.6 Å². The highest BCUT2D eigenvalue weighted by atomic mass is 35.5. The van der Waals surface area contributed by atoms with E-state index in [1.807, 2.05) is 11.8 Å². The molecule has 122 valence electrons. The zero-order chi connectivity index (χ0) is 16.4. The minimum atomic E-state index is -3.53. The SMILES string of the molecule is Cc1ccc(S(=O)(=O)N2CCN(c3ncccn3)CC2)cc1Cl. The number of aromatic nitrogens is 2. The zero-order valence-electron chi connectivity index (χ0n) is 12.7. The molecule has 6 nitrogen and oxygen atoms in total. The molecule has 23 heavy (non-hydrogen) atoms. The maximum atomic E-state index is 12.7. The van der Waals surface area contributed by atoms with Crippen LogP contribution in [0.5, 0.6) is 0 Å². The van der Waals surface area contributed by atoms with Gasteiger partial charge in [0.1, 0.15) is 0 Å². The standard InChI is InChI=1S/C15H17ClN4O2S/c1-12-3-4-13(11-14(12)16)23(21,22)20-9-7-19(8-10-20)15-17-5-2-6-18-15/h2-6,11H,7-10H2,1H3. The normalized spacial score (nSPS) is 16.5. The molecular weight excluding hydrogens is 336 g/mol. The summed E-state index contributed by atoms with van der Waals surface area (Å²) in [5, 5.41) is 0.461. The van der Waals surface area contributed by atoms with Gasteiger partial charge in [-0.1, -0.05) is 17.7 Å². The van der Waals surface area contributed by atoms with Crippen LogP contribution in [0.4, 0.5) is 5.95 Å². The van der Waals surface area contributed by atoms with E-state index in [9.17, 15) is 8.42 Å². The molecule has 1 fully saturated rings. The maximum absolute atomic E-state index is 12.7. The Labute approximate surface area is 140 Å². The van der Waals surface area contributed by atoms with Crippen molar-refractivity contribution in [1.29, 1.82) is 0 Å². The average Bonchev–Trinajstić information content (AvgIpc) is 2.58. The third-order valence-corrected chi connectivity index (χ3v) is 6.16. The van der Waals surface area contributed by atoms with Crippen LogP contribution in [-0.2, 0) is 10.0 Å². The van der Waals surface area contributed by atoms with E-state index in [2.05, 4.69) is 9.97 Å². The van der Waals surface area contributed by atoms with Gasteiger partial charge in [0.15, 0.2) is 0 Å². The second kappa shape index (κ2) is 6.43. The molecule has 8 heteroatoms. The van der Waals surface area contributed by atoms with E-state index in [1.54, 1.807) is 30.6 Å². The van der Waals surface area contributed by atoms with Crippen molar-refractivity contribution in [3.05, 3.63) is 47.2 Å². The molecule has 0 aliphatic carbocycles. The molecule has 0 radical (unpaired) electrons. The van der Waals surface area contributed by atoms with Gasteiger partial charge in [0.2, 0.25) is 16.0 Å². The number of halogens is 1. The Morgan fingerprint density at radius 3 is 2.35 bits per heavy atom. The fraction of sp³-hybridized carbons (Fsp3) is 0.333. The van der Waals surface area contributed by atoms with E-state index in [1.165, 1.54) is 10.4 Å². The molecule has 0 spiro atoms. The number of piperazine rings is 1. The van der Waals surface area contributed by atoms with Crippen molar-refractivity contribution in [2.75, 3.05) is 31.1 Å². The lowest BCUT2D eigenvalue weighted by Crippen LogP contribution is -2.49. The number of nitrogens with zero attached hydrogens (tertiary/aromatic N) is 4. The zero-order valence-corrected chi connectivity index (χ0v) is 14.3. The van der Waals surface area contributed by atoms with Gasteiger partial charge in [-0.25, -0.2) is 18.4 Å². The number of anilines is 1. The molecule has 0 atom stereocenters. The van der Waals surface area contributed by atoms with Crippen LogP contribution in [0.2, 0.25) is 5.02 Å². The second-order valence-electron chi connectivity index (χ2n) is 5.35. The van der Waals surface area contributed by atoms with E-state index in [4.69, 9.17) is 11.6 Å². The van der Waals surface area contributed by atoms with Gasteiger partial charge in [0.05, 0.1) is 4.90 Å². The molecule has 0 amide bonds. The van der Waals surface area contributed by atoms with E-state index in [0.717, 1.165) is 5.56 Å². The lowest BCUT2D eigenvalue weighted by molar-refractivity contribution is 0.382. The third-order valence-electron chi connectivity index (χ3n) is 3.85. The molecule has 1 aromatic heterocycles. The number of hydrogen-bond acceptors (Lipinski definition) is 5. The minimum absolute atomic E-state index is 0.234. The largest absolute Gasteiger partial charge is 0.338 e. The second-order valence-corrected chi connectivity index (χ2v) is 7.70. The van der Waals surface area contributed by atoms with Gasteiger partial charge in [0, 0.05) is 43.6 Å². The molecule has 1 aromatic carbocycles. The van der Waals surface area contributed by atoms with Crippen molar-refractivity contribution in [2.45, 2.75) is 11.8 Å². The first-order valence-corrected chi connectivity index (χ1v) is 9.08. The van der Waals surface area contributed by atoms with Gasteiger partial charge in [-0.05, 0) is 30.7 Å². The van der Waals surface area contributed by atoms with Crippen molar-refractivity contribution in [3.8, 4) is 0 Å². The Bertz CT molecular complexity index is 790. The van der Waals surface area contributed by atoms with Crippen molar-refractivity contribution in [1.82, 2.24) is 14.3 Å². The predicted molar refractivity (Wildman–Crippen MR) is 89.2 cm³/mol. The molecule has 1 aliphatic rings. The van der Waals surface area contributed by atoms with E-state index in [0.29, 0.717) is 37.1 Å². The summed E-state index contributed by atoms with van der Waals surface area (Å²) in [7, 11) is -3.53. The van der Waals surface area contributed by atoms with Gasteiger partial charge in [0.25, 0.3) is 0 Å². The van der Waals surface area contributed by atoms with Crippen LogP contribution in [0, 0.1) is 6.92 Å². The molecule has 2 aromatic rings. The number of sulfonamides is 1. The average molecular weight is 353 g/mol. The lowest BCUT2D eigenvalue weighted by atomic mass is 10.2. The highest BCUT2D eigenvalue weighted by Gasteiger charge is 2.29. The van der Waals surface area contributed by atoms with E-state index in [-0.39, 0.29) is 4.90 Å². The Kier molecular flexibility index (Phi) is 4.52. The molecular formula is C15H17ClN4O2S. The quantitative estimate of drug-likeness (QED) is 0.844. The molecule has 1 aliphatic heterocycles. The fourth-order valence-electron chi connectivity index (χ4n) is 2.47. The summed E-state index contributed by atoms with van der Waals surface area (Å²) in [5.41, 5.74) is 0.858. The summed E-state index contributed by atoms with van der Waals surface area (Å²) in [6.45, 7) is 3.75. The van der Waals surface area contributed by atoms with Gasteiger partial charge in [-0.2, -0.15) is 4.31 Å². The molecule has 3 rings (SSSR count). The summed E-state index contributed by atoms with van der Waals surface area (Å²) in [5.74, 6) is 0.628. The highest BCUT2D eigenvalue weighted by Crippen LogP contribution is 2.24. The summed E-state index contributed by atoms with van der Waals surface area (Å²) >= 11 is 6.05. The smallest absolute Gasteiger partial charge is 0.243 e. The summed E-state index contributed by atoms with van der Waals surface area (Å²) in [6, 6.07) is 6.59. The molecule has 2 heterocycles. The van der Waals surface area contributed by atoms with Gasteiger partial charge >= 0.3 is 0 Å². The molecule has 0 unspecified atom stereocenters. The molecule has 0 saturated carbocycles. The van der Waals surface area contributed by atoms with E-state index < -0.39 is 10.0 Å². The molecule has 0 N–H and O–H groups in total. The van der Waals surface area contributed by atoms with Crippen molar-refractivity contribution in [3.63, 3.8) is 0 Å². The van der Waals surface area contributed by atoms with E-state index >= 15 is 0 Å². The Hall–Kier alpha value is -1.70. The van der Waals surface area contributed by atoms with Crippen molar-refractivity contribution >= 4 is 27.6 Å². The Morgan fingerprint density at radius 2 is 1.74 bits per heavy atom. The van der Waals surface area contributed by atoms with Crippen LogP contribution in [0.1, 0.15) is 5.56 Å². The lowest BCUT2D eigenvalue weighted by Gasteiger charge is -2.33.